The molecule has 0 radical (unpaired) electrons. The van der Waals surface area contributed by atoms with Crippen molar-refractivity contribution in [3.05, 3.63) is 18.4 Å². The summed E-state index contributed by atoms with van der Waals surface area (Å²) in [7, 11) is 3.77. The van der Waals surface area contributed by atoms with Crippen molar-refractivity contribution < 1.29 is 4.42 Å². The Morgan fingerprint density at radius 2 is 2.29 bits per heavy atom. The van der Waals surface area contributed by atoms with E-state index < -0.39 is 0 Å². The molecule has 74 valence electrons. The lowest BCUT2D eigenvalue weighted by molar-refractivity contribution is 0.584. The summed E-state index contributed by atoms with van der Waals surface area (Å²) in [6.45, 7) is 0. The molecule has 14 heavy (non-hydrogen) atoms. The van der Waals surface area contributed by atoms with Gasteiger partial charge in [0.1, 0.15) is 0 Å². The number of aromatic amines is 1. The van der Waals surface area contributed by atoms with Crippen molar-refractivity contribution in [3.8, 4) is 0 Å². The van der Waals surface area contributed by atoms with Gasteiger partial charge in [-0.1, -0.05) is 0 Å². The first-order valence-electron chi connectivity index (χ1n) is 4.16. The lowest BCUT2D eigenvalue weighted by Crippen LogP contribution is -2.10. The van der Waals surface area contributed by atoms with Gasteiger partial charge in [0.2, 0.25) is 11.9 Å². The zero-order valence-corrected chi connectivity index (χ0v) is 7.98. The fourth-order valence-corrected chi connectivity index (χ4v) is 0.977. The molecule has 0 aliphatic heterocycles. The maximum absolute atomic E-state index is 5.09. The predicted octanol–water partition coefficient (Wildman–Crippen LogP) is 1.21. The van der Waals surface area contributed by atoms with Gasteiger partial charge in [-0.05, 0) is 6.07 Å². The molecule has 0 aromatic carbocycles. The number of H-pyrrole nitrogens is 1. The number of nitrogens with zero attached hydrogens (tertiary/aromatic N) is 3. The van der Waals surface area contributed by atoms with Crippen molar-refractivity contribution in [1.82, 2.24) is 15.2 Å². The molecule has 0 aliphatic carbocycles. The van der Waals surface area contributed by atoms with Gasteiger partial charge >= 0.3 is 0 Å². The molecular formula is C8H11N5O. The van der Waals surface area contributed by atoms with Gasteiger partial charge in [0, 0.05) is 20.2 Å². The zero-order valence-electron chi connectivity index (χ0n) is 7.98. The topological polar surface area (TPSA) is 70.0 Å². The first kappa shape index (κ1) is 8.61. The number of furan rings is 1. The quantitative estimate of drug-likeness (QED) is 0.766. The van der Waals surface area contributed by atoms with Crippen molar-refractivity contribution >= 4 is 17.8 Å². The Labute approximate surface area is 80.9 Å². The van der Waals surface area contributed by atoms with Gasteiger partial charge in [-0.25, -0.2) is 0 Å². The van der Waals surface area contributed by atoms with Crippen LogP contribution in [0.25, 0.3) is 0 Å². The molecular weight excluding hydrogens is 182 g/mol. The van der Waals surface area contributed by atoms with Crippen molar-refractivity contribution in [2.75, 3.05) is 24.3 Å². The first-order valence-corrected chi connectivity index (χ1v) is 4.16. The summed E-state index contributed by atoms with van der Waals surface area (Å²) < 4.78 is 5.09. The molecule has 2 aromatic rings. The predicted molar refractivity (Wildman–Crippen MR) is 52.7 cm³/mol. The maximum Gasteiger partial charge on any atom is 0.230 e. The van der Waals surface area contributed by atoms with Crippen LogP contribution in [-0.2, 0) is 0 Å². The third kappa shape index (κ3) is 1.68. The molecule has 0 amide bonds. The molecule has 0 saturated heterocycles. The average Bonchev–Trinajstić information content (AvgIpc) is 2.75. The summed E-state index contributed by atoms with van der Waals surface area (Å²) in [5.41, 5.74) is 0. The van der Waals surface area contributed by atoms with Crippen LogP contribution in [0.2, 0.25) is 0 Å². The van der Waals surface area contributed by atoms with Crippen LogP contribution >= 0.6 is 0 Å². The van der Waals surface area contributed by atoms with E-state index in [0.29, 0.717) is 17.8 Å². The fourth-order valence-electron chi connectivity index (χ4n) is 0.977. The number of nitrogens with one attached hydrogen (secondary N) is 2. The second-order valence-electron chi connectivity index (χ2n) is 2.99. The average molecular weight is 193 g/mol. The lowest BCUT2D eigenvalue weighted by Gasteiger charge is -2.04. The summed E-state index contributed by atoms with van der Waals surface area (Å²) >= 11 is 0. The lowest BCUT2D eigenvalue weighted by atomic mass is 10.6. The number of rotatable bonds is 3. The van der Waals surface area contributed by atoms with Crippen LogP contribution in [0.5, 0.6) is 0 Å². The van der Waals surface area contributed by atoms with Crippen LogP contribution in [-0.4, -0.2) is 29.3 Å². The highest BCUT2D eigenvalue weighted by atomic mass is 16.3. The van der Waals surface area contributed by atoms with Gasteiger partial charge < -0.3 is 9.32 Å². The van der Waals surface area contributed by atoms with Gasteiger partial charge in [0.25, 0.3) is 0 Å². The van der Waals surface area contributed by atoms with Crippen LogP contribution in [0.4, 0.5) is 17.8 Å². The van der Waals surface area contributed by atoms with E-state index in [2.05, 4.69) is 20.5 Å². The summed E-state index contributed by atoms with van der Waals surface area (Å²) in [4.78, 5) is 4.82. The zero-order chi connectivity index (χ0) is 9.97. The van der Waals surface area contributed by atoms with Crippen molar-refractivity contribution in [2.24, 2.45) is 0 Å². The summed E-state index contributed by atoms with van der Waals surface area (Å²) in [6, 6.07) is 3.60. The highest BCUT2D eigenvalue weighted by Gasteiger charge is 2.04. The minimum atomic E-state index is 0.559. The SMILES string of the molecule is CN(C)c1nnc(Nc2ccco2)[nH]1. The van der Waals surface area contributed by atoms with Crippen LogP contribution in [0.3, 0.4) is 0 Å². The normalized spacial score (nSPS) is 10.1. The summed E-state index contributed by atoms with van der Waals surface area (Å²) in [5.74, 6) is 1.88. The first-order chi connectivity index (χ1) is 6.75. The molecule has 6 nitrogen and oxygen atoms in total. The Hall–Kier alpha value is -1.98. The molecule has 2 aromatic heterocycles. The van der Waals surface area contributed by atoms with Crippen molar-refractivity contribution in [3.63, 3.8) is 0 Å². The third-order valence-corrected chi connectivity index (χ3v) is 1.66. The number of anilines is 3. The third-order valence-electron chi connectivity index (χ3n) is 1.66. The van der Waals surface area contributed by atoms with Gasteiger partial charge in [-0.2, -0.15) is 0 Å². The Kier molecular flexibility index (Phi) is 2.10. The van der Waals surface area contributed by atoms with Gasteiger partial charge in [-0.3, -0.25) is 10.3 Å². The molecule has 6 heteroatoms. The van der Waals surface area contributed by atoms with Crippen LogP contribution in [0, 0.1) is 0 Å². The van der Waals surface area contributed by atoms with Crippen LogP contribution in [0.1, 0.15) is 0 Å². The van der Waals surface area contributed by atoms with Crippen molar-refractivity contribution in [2.45, 2.75) is 0 Å². The molecule has 0 aliphatic rings. The molecule has 2 N–H and O–H groups in total. The van der Waals surface area contributed by atoms with Gasteiger partial charge in [-0.15, -0.1) is 10.2 Å². The van der Waals surface area contributed by atoms with Crippen LogP contribution in [0.15, 0.2) is 22.8 Å². The summed E-state index contributed by atoms with van der Waals surface area (Å²) in [6.07, 6.45) is 1.59. The van der Waals surface area contributed by atoms with E-state index in [1.165, 1.54) is 0 Å². The molecule has 0 saturated carbocycles. The molecule has 2 heterocycles. The van der Waals surface area contributed by atoms with E-state index in [0.717, 1.165) is 0 Å². The highest BCUT2D eigenvalue weighted by Crippen LogP contribution is 2.14. The largest absolute Gasteiger partial charge is 0.449 e. The van der Waals surface area contributed by atoms with E-state index in [9.17, 15) is 0 Å². The maximum atomic E-state index is 5.09. The van der Waals surface area contributed by atoms with Crippen molar-refractivity contribution in [1.29, 1.82) is 0 Å². The number of aromatic nitrogens is 3. The molecule has 0 unspecified atom stereocenters. The minimum absolute atomic E-state index is 0.559. The Balaban J connectivity index is 2.11. The number of hydrogen-bond donors (Lipinski definition) is 2. The molecule has 2 rings (SSSR count). The second-order valence-corrected chi connectivity index (χ2v) is 2.99. The Morgan fingerprint density at radius 3 is 2.86 bits per heavy atom. The smallest absolute Gasteiger partial charge is 0.230 e. The standard InChI is InChI=1S/C8H11N5O/c1-13(2)8-10-7(11-12-8)9-6-4-3-5-14-6/h3-5H,1-2H3,(H2,9,10,11,12). The van der Waals surface area contributed by atoms with E-state index in [1.54, 1.807) is 18.4 Å². The van der Waals surface area contributed by atoms with Gasteiger partial charge in [0.05, 0.1) is 6.26 Å². The Morgan fingerprint density at radius 1 is 1.43 bits per heavy atom. The molecule has 0 bridgehead atoms. The van der Waals surface area contributed by atoms with E-state index in [1.807, 2.05) is 19.0 Å². The monoisotopic (exact) mass is 193 g/mol. The fraction of sp³-hybridized carbons (Fsp3) is 0.250. The van der Waals surface area contributed by atoms with Crippen LogP contribution < -0.4 is 10.2 Å². The van der Waals surface area contributed by atoms with E-state index >= 15 is 0 Å². The Bertz CT molecular complexity index is 392. The molecule has 0 fully saturated rings. The molecule has 0 spiro atoms. The highest BCUT2D eigenvalue weighted by molar-refractivity contribution is 5.46. The summed E-state index contributed by atoms with van der Waals surface area (Å²) in [5, 5.41) is 10.7. The second kappa shape index (κ2) is 3.41. The van der Waals surface area contributed by atoms with E-state index in [4.69, 9.17) is 4.42 Å². The number of hydrogen-bond acceptors (Lipinski definition) is 5. The van der Waals surface area contributed by atoms with Gasteiger partial charge in [0.15, 0.2) is 5.88 Å². The van der Waals surface area contributed by atoms with E-state index in [-0.39, 0.29) is 0 Å². The molecule has 0 atom stereocenters. The minimum Gasteiger partial charge on any atom is -0.449 e.